The molecule has 13 heavy (non-hydrogen) atoms. The van der Waals surface area contributed by atoms with E-state index in [-0.39, 0.29) is 26.0 Å². The molecule has 76 valence electrons. The number of carbonyl (C=O) groups excluding carboxylic acids is 1. The Morgan fingerprint density at radius 2 is 2.08 bits per heavy atom. The van der Waals surface area contributed by atoms with Crippen LogP contribution in [0.2, 0.25) is 0 Å². The van der Waals surface area contributed by atoms with Crippen molar-refractivity contribution in [3.8, 4) is 0 Å². The van der Waals surface area contributed by atoms with Gasteiger partial charge < -0.3 is 21.3 Å². The van der Waals surface area contributed by atoms with E-state index in [0.29, 0.717) is 0 Å². The van der Waals surface area contributed by atoms with Crippen LogP contribution < -0.4 is 11.1 Å². The summed E-state index contributed by atoms with van der Waals surface area (Å²) < 4.78 is 0. The predicted octanol–water partition coefficient (Wildman–Crippen LogP) is -1.71. The SMILES string of the molecule is NC(=O)CCC(NCCO)C(=O)O. The molecule has 0 aliphatic rings. The molecule has 0 radical (unpaired) electrons. The minimum absolute atomic E-state index is 0.0232. The van der Waals surface area contributed by atoms with E-state index in [0.717, 1.165) is 0 Å². The fourth-order valence-corrected chi connectivity index (χ4v) is 0.838. The third-order valence-electron chi connectivity index (χ3n) is 1.48. The summed E-state index contributed by atoms with van der Waals surface area (Å²) in [5, 5.41) is 19.6. The Hall–Kier alpha value is -1.14. The fourth-order valence-electron chi connectivity index (χ4n) is 0.838. The summed E-state index contributed by atoms with van der Waals surface area (Å²) in [5.74, 6) is -1.58. The molecule has 5 N–H and O–H groups in total. The van der Waals surface area contributed by atoms with Crippen LogP contribution in [0.4, 0.5) is 0 Å². The first kappa shape index (κ1) is 11.9. The number of primary amides is 1. The number of aliphatic hydroxyl groups is 1. The summed E-state index contributed by atoms with van der Waals surface area (Å²) >= 11 is 0. The van der Waals surface area contributed by atoms with E-state index in [4.69, 9.17) is 15.9 Å². The Balaban J connectivity index is 3.80. The average Bonchev–Trinajstić information content (AvgIpc) is 2.03. The topological polar surface area (TPSA) is 113 Å². The summed E-state index contributed by atoms with van der Waals surface area (Å²) in [7, 11) is 0. The van der Waals surface area contributed by atoms with Crippen LogP contribution in [0.25, 0.3) is 0 Å². The van der Waals surface area contributed by atoms with Gasteiger partial charge in [0.2, 0.25) is 5.91 Å². The van der Waals surface area contributed by atoms with Gasteiger partial charge in [-0.15, -0.1) is 0 Å². The molecular weight excluding hydrogens is 176 g/mol. The lowest BCUT2D eigenvalue weighted by molar-refractivity contribution is -0.139. The normalized spacial score (nSPS) is 12.4. The molecule has 6 nitrogen and oxygen atoms in total. The molecule has 0 saturated carbocycles. The summed E-state index contributed by atoms with van der Waals surface area (Å²) in [6, 6.07) is -0.820. The first-order valence-electron chi connectivity index (χ1n) is 3.93. The van der Waals surface area contributed by atoms with Crippen molar-refractivity contribution < 1.29 is 19.8 Å². The molecular formula is C7H14N2O4. The Morgan fingerprint density at radius 3 is 2.46 bits per heavy atom. The molecule has 0 saturated heterocycles. The Morgan fingerprint density at radius 1 is 1.46 bits per heavy atom. The molecule has 0 fully saturated rings. The second kappa shape index (κ2) is 6.38. The summed E-state index contributed by atoms with van der Waals surface area (Å²) in [6.45, 7) is 0.0517. The quantitative estimate of drug-likeness (QED) is 0.381. The largest absolute Gasteiger partial charge is 0.480 e. The molecule has 0 rings (SSSR count). The standard InChI is InChI=1S/C7H14N2O4/c8-6(11)2-1-5(7(12)13)9-3-4-10/h5,9-10H,1-4H2,(H2,8,11)(H,12,13). The number of nitrogens with one attached hydrogen (secondary N) is 1. The van der Waals surface area contributed by atoms with Gasteiger partial charge in [-0.1, -0.05) is 0 Å². The van der Waals surface area contributed by atoms with Crippen LogP contribution in [0.15, 0.2) is 0 Å². The lowest BCUT2D eigenvalue weighted by Gasteiger charge is -2.11. The molecule has 1 amide bonds. The maximum atomic E-state index is 10.5. The van der Waals surface area contributed by atoms with Gasteiger partial charge in [-0.05, 0) is 6.42 Å². The smallest absolute Gasteiger partial charge is 0.320 e. The Bertz CT molecular complexity index is 183. The number of amides is 1. The number of rotatable bonds is 7. The number of nitrogens with two attached hydrogens (primary N) is 1. The number of carboxylic acids is 1. The number of aliphatic carboxylic acids is 1. The minimum atomic E-state index is -1.05. The predicted molar refractivity (Wildman–Crippen MR) is 44.9 cm³/mol. The van der Waals surface area contributed by atoms with Crippen molar-refractivity contribution in [1.29, 1.82) is 0 Å². The number of carbonyl (C=O) groups is 2. The Kier molecular flexibility index (Phi) is 5.82. The third kappa shape index (κ3) is 6.06. The van der Waals surface area contributed by atoms with Crippen LogP contribution in [0.5, 0.6) is 0 Å². The van der Waals surface area contributed by atoms with Gasteiger partial charge in [-0.2, -0.15) is 0 Å². The molecule has 1 atom stereocenters. The van der Waals surface area contributed by atoms with E-state index in [1.165, 1.54) is 0 Å². The molecule has 0 aromatic carbocycles. The fraction of sp³-hybridized carbons (Fsp3) is 0.714. The number of hydrogen-bond donors (Lipinski definition) is 4. The van der Waals surface area contributed by atoms with E-state index < -0.39 is 17.9 Å². The molecule has 0 spiro atoms. The maximum Gasteiger partial charge on any atom is 0.320 e. The van der Waals surface area contributed by atoms with E-state index in [1.54, 1.807) is 0 Å². The van der Waals surface area contributed by atoms with Gasteiger partial charge in [0.15, 0.2) is 0 Å². The molecule has 0 aromatic heterocycles. The van der Waals surface area contributed by atoms with Crippen LogP contribution in [0, 0.1) is 0 Å². The molecule has 6 heteroatoms. The van der Waals surface area contributed by atoms with Crippen molar-refractivity contribution in [1.82, 2.24) is 5.32 Å². The zero-order chi connectivity index (χ0) is 10.3. The first-order chi connectivity index (χ1) is 6.07. The van der Waals surface area contributed by atoms with Gasteiger partial charge in [0.1, 0.15) is 6.04 Å². The van der Waals surface area contributed by atoms with Gasteiger partial charge >= 0.3 is 5.97 Å². The highest BCUT2D eigenvalue weighted by molar-refractivity contribution is 5.77. The third-order valence-corrected chi connectivity index (χ3v) is 1.48. The van der Waals surface area contributed by atoms with E-state index in [2.05, 4.69) is 5.32 Å². The van der Waals surface area contributed by atoms with Crippen LogP contribution in [-0.2, 0) is 9.59 Å². The van der Waals surface area contributed by atoms with Gasteiger partial charge in [-0.25, -0.2) is 0 Å². The van der Waals surface area contributed by atoms with Crippen molar-refractivity contribution in [3.05, 3.63) is 0 Å². The molecule has 0 aromatic rings. The van der Waals surface area contributed by atoms with Crippen molar-refractivity contribution in [3.63, 3.8) is 0 Å². The van der Waals surface area contributed by atoms with E-state index >= 15 is 0 Å². The van der Waals surface area contributed by atoms with E-state index in [1.807, 2.05) is 0 Å². The van der Waals surface area contributed by atoms with Crippen molar-refractivity contribution >= 4 is 11.9 Å². The van der Waals surface area contributed by atoms with Crippen molar-refractivity contribution in [2.75, 3.05) is 13.2 Å². The van der Waals surface area contributed by atoms with Gasteiger partial charge in [0.25, 0.3) is 0 Å². The van der Waals surface area contributed by atoms with Crippen LogP contribution in [0.1, 0.15) is 12.8 Å². The summed E-state index contributed by atoms with van der Waals surface area (Å²) in [5.41, 5.74) is 4.86. The van der Waals surface area contributed by atoms with Crippen LogP contribution in [0.3, 0.4) is 0 Å². The van der Waals surface area contributed by atoms with Crippen molar-refractivity contribution in [2.45, 2.75) is 18.9 Å². The molecule has 0 bridgehead atoms. The molecule has 0 aliphatic heterocycles. The number of hydrogen-bond acceptors (Lipinski definition) is 4. The van der Waals surface area contributed by atoms with Crippen molar-refractivity contribution in [2.24, 2.45) is 5.73 Å². The minimum Gasteiger partial charge on any atom is -0.480 e. The first-order valence-corrected chi connectivity index (χ1v) is 3.93. The second-order valence-corrected chi connectivity index (χ2v) is 2.57. The highest BCUT2D eigenvalue weighted by atomic mass is 16.4. The summed E-state index contributed by atoms with van der Waals surface area (Å²) in [4.78, 5) is 20.9. The van der Waals surface area contributed by atoms with Crippen LogP contribution >= 0.6 is 0 Å². The maximum absolute atomic E-state index is 10.5. The highest BCUT2D eigenvalue weighted by Crippen LogP contribution is 1.96. The molecule has 0 heterocycles. The molecule has 1 unspecified atom stereocenters. The number of aliphatic hydroxyl groups excluding tert-OH is 1. The van der Waals surface area contributed by atoms with Gasteiger partial charge in [0.05, 0.1) is 6.61 Å². The second-order valence-electron chi connectivity index (χ2n) is 2.57. The van der Waals surface area contributed by atoms with E-state index in [9.17, 15) is 9.59 Å². The number of carboxylic acid groups (broad SMARTS) is 1. The zero-order valence-electron chi connectivity index (χ0n) is 7.19. The van der Waals surface area contributed by atoms with Crippen LogP contribution in [-0.4, -0.2) is 41.3 Å². The lowest BCUT2D eigenvalue weighted by atomic mass is 10.1. The van der Waals surface area contributed by atoms with Gasteiger partial charge in [-0.3, -0.25) is 9.59 Å². The zero-order valence-corrected chi connectivity index (χ0v) is 7.19. The Labute approximate surface area is 75.7 Å². The summed E-state index contributed by atoms with van der Waals surface area (Å²) in [6.07, 6.45) is 0.167. The monoisotopic (exact) mass is 190 g/mol. The molecule has 0 aliphatic carbocycles. The highest BCUT2D eigenvalue weighted by Gasteiger charge is 2.16. The lowest BCUT2D eigenvalue weighted by Crippen LogP contribution is -2.39. The average molecular weight is 190 g/mol. The van der Waals surface area contributed by atoms with Gasteiger partial charge in [0, 0.05) is 13.0 Å².